The minimum absolute atomic E-state index is 0. The van der Waals surface area contributed by atoms with Crippen LogP contribution < -0.4 is 5.32 Å². The number of aromatic nitrogens is 4. The standard InChI is InChI=1S/C22H22FN5.ClH/c1-13-7-21(27-28-12-14(2)26-22(13)28)16-8-17-11-25-20(10-18(17)19(23)9-16)15-3-5-24-6-4-15;/h7-12,15,24H,3-6H2,1-2H3;1H. The molecule has 0 saturated carbocycles. The van der Waals surface area contributed by atoms with Crippen molar-refractivity contribution in [2.24, 2.45) is 0 Å². The second-order valence-electron chi connectivity index (χ2n) is 7.68. The molecule has 150 valence electrons. The second kappa shape index (κ2) is 7.69. The number of benzene rings is 1. The quantitative estimate of drug-likeness (QED) is 0.524. The first-order valence-electron chi connectivity index (χ1n) is 9.72. The molecule has 4 heterocycles. The molecule has 1 aliphatic heterocycles. The third-order valence-corrected chi connectivity index (χ3v) is 5.59. The summed E-state index contributed by atoms with van der Waals surface area (Å²) in [5, 5.41) is 9.42. The van der Waals surface area contributed by atoms with Crippen LogP contribution in [0.1, 0.15) is 35.7 Å². The Bertz CT molecular complexity index is 1200. The van der Waals surface area contributed by atoms with Crippen LogP contribution in [0.2, 0.25) is 0 Å². The molecule has 5 rings (SSSR count). The second-order valence-corrected chi connectivity index (χ2v) is 7.68. The normalized spacial score (nSPS) is 15.0. The predicted molar refractivity (Wildman–Crippen MR) is 115 cm³/mol. The van der Waals surface area contributed by atoms with Gasteiger partial charge in [-0.2, -0.15) is 5.10 Å². The van der Waals surface area contributed by atoms with Gasteiger partial charge in [-0.3, -0.25) is 4.98 Å². The molecule has 1 saturated heterocycles. The van der Waals surface area contributed by atoms with E-state index in [1.54, 1.807) is 16.8 Å². The highest BCUT2D eigenvalue weighted by Gasteiger charge is 2.18. The Labute approximate surface area is 174 Å². The molecule has 0 spiro atoms. The fourth-order valence-corrected chi connectivity index (χ4v) is 4.10. The summed E-state index contributed by atoms with van der Waals surface area (Å²) in [6, 6.07) is 7.42. The van der Waals surface area contributed by atoms with Gasteiger partial charge in [-0.25, -0.2) is 13.9 Å². The van der Waals surface area contributed by atoms with Gasteiger partial charge in [-0.15, -0.1) is 12.4 Å². The SMILES string of the molecule is Cc1cn2nc(-c3cc(F)c4cc(C5CCNCC5)ncc4c3)cc(C)c2n1.Cl. The number of hydrogen-bond acceptors (Lipinski definition) is 4. The molecule has 1 aromatic carbocycles. The summed E-state index contributed by atoms with van der Waals surface area (Å²) in [5.74, 6) is 0.173. The highest BCUT2D eigenvalue weighted by molar-refractivity contribution is 5.87. The zero-order valence-corrected chi connectivity index (χ0v) is 17.3. The molecular weight excluding hydrogens is 389 g/mol. The molecule has 7 heteroatoms. The smallest absolute Gasteiger partial charge is 0.156 e. The van der Waals surface area contributed by atoms with Gasteiger partial charge in [-0.1, -0.05) is 0 Å². The number of aryl methyl sites for hydroxylation is 2. The molecule has 0 bridgehead atoms. The molecule has 0 unspecified atom stereocenters. The molecule has 0 amide bonds. The number of piperidine rings is 1. The zero-order valence-electron chi connectivity index (χ0n) is 16.4. The van der Waals surface area contributed by atoms with E-state index in [1.165, 1.54) is 0 Å². The maximum Gasteiger partial charge on any atom is 0.156 e. The van der Waals surface area contributed by atoms with Gasteiger partial charge >= 0.3 is 0 Å². The van der Waals surface area contributed by atoms with E-state index < -0.39 is 0 Å². The monoisotopic (exact) mass is 411 g/mol. The lowest BCUT2D eigenvalue weighted by Crippen LogP contribution is -2.27. The summed E-state index contributed by atoms with van der Waals surface area (Å²) in [4.78, 5) is 9.13. The Kier molecular flexibility index (Phi) is 5.23. The first kappa shape index (κ1) is 19.7. The van der Waals surface area contributed by atoms with Crippen LogP contribution in [0.5, 0.6) is 0 Å². The number of nitrogens with one attached hydrogen (secondary N) is 1. The number of pyridine rings is 1. The minimum Gasteiger partial charge on any atom is -0.317 e. The lowest BCUT2D eigenvalue weighted by atomic mass is 9.93. The molecule has 0 radical (unpaired) electrons. The van der Waals surface area contributed by atoms with Gasteiger partial charge in [0.1, 0.15) is 5.82 Å². The van der Waals surface area contributed by atoms with E-state index in [-0.39, 0.29) is 18.2 Å². The average molecular weight is 412 g/mol. The van der Waals surface area contributed by atoms with Crippen molar-refractivity contribution in [3.8, 4) is 11.3 Å². The third kappa shape index (κ3) is 3.58. The van der Waals surface area contributed by atoms with Crippen molar-refractivity contribution >= 4 is 28.8 Å². The third-order valence-electron chi connectivity index (χ3n) is 5.59. The van der Waals surface area contributed by atoms with Crippen LogP contribution in [0, 0.1) is 19.7 Å². The van der Waals surface area contributed by atoms with Crippen molar-refractivity contribution in [3.63, 3.8) is 0 Å². The first-order chi connectivity index (χ1) is 13.6. The fraction of sp³-hybridized carbons (Fsp3) is 0.318. The Morgan fingerprint density at radius 1 is 1.10 bits per heavy atom. The Hall–Kier alpha value is -2.57. The van der Waals surface area contributed by atoms with Gasteiger partial charge in [0.25, 0.3) is 0 Å². The number of halogens is 2. The Morgan fingerprint density at radius 3 is 2.69 bits per heavy atom. The number of nitrogens with zero attached hydrogens (tertiary/aromatic N) is 4. The minimum atomic E-state index is -0.230. The number of rotatable bonds is 2. The van der Waals surface area contributed by atoms with Gasteiger partial charge in [-0.05, 0) is 69.6 Å². The van der Waals surface area contributed by atoms with E-state index in [4.69, 9.17) is 0 Å². The van der Waals surface area contributed by atoms with Crippen LogP contribution in [-0.4, -0.2) is 32.7 Å². The van der Waals surface area contributed by atoms with Crippen LogP contribution >= 0.6 is 12.4 Å². The maximum atomic E-state index is 15.0. The molecule has 29 heavy (non-hydrogen) atoms. The summed E-state index contributed by atoms with van der Waals surface area (Å²) >= 11 is 0. The molecule has 3 aromatic heterocycles. The van der Waals surface area contributed by atoms with Crippen molar-refractivity contribution in [2.45, 2.75) is 32.6 Å². The van der Waals surface area contributed by atoms with Crippen LogP contribution in [0.25, 0.3) is 27.7 Å². The van der Waals surface area contributed by atoms with Crippen LogP contribution in [0.3, 0.4) is 0 Å². The number of imidazole rings is 1. The van der Waals surface area contributed by atoms with Crippen LogP contribution in [0.15, 0.2) is 36.7 Å². The summed E-state index contributed by atoms with van der Waals surface area (Å²) in [7, 11) is 0. The van der Waals surface area contributed by atoms with Crippen molar-refractivity contribution in [2.75, 3.05) is 13.1 Å². The van der Waals surface area contributed by atoms with Gasteiger partial charge in [0, 0.05) is 34.1 Å². The fourth-order valence-electron chi connectivity index (χ4n) is 4.10. The molecule has 0 aliphatic carbocycles. The first-order valence-corrected chi connectivity index (χ1v) is 9.72. The topological polar surface area (TPSA) is 55.1 Å². The van der Waals surface area contributed by atoms with Crippen LogP contribution in [0.4, 0.5) is 4.39 Å². The summed E-state index contributed by atoms with van der Waals surface area (Å²) in [6.07, 6.45) is 5.78. The Morgan fingerprint density at radius 2 is 1.90 bits per heavy atom. The van der Waals surface area contributed by atoms with E-state index in [9.17, 15) is 0 Å². The average Bonchev–Trinajstić information content (AvgIpc) is 3.09. The van der Waals surface area contributed by atoms with E-state index in [2.05, 4.69) is 20.4 Å². The van der Waals surface area contributed by atoms with Crippen molar-refractivity contribution in [1.82, 2.24) is 24.9 Å². The summed E-state index contributed by atoms with van der Waals surface area (Å²) in [6.45, 7) is 5.92. The number of fused-ring (bicyclic) bond motifs is 2. The predicted octanol–water partition coefficient (Wildman–Crippen LogP) is 4.59. The molecule has 4 aromatic rings. The largest absolute Gasteiger partial charge is 0.317 e. The molecule has 5 nitrogen and oxygen atoms in total. The summed E-state index contributed by atoms with van der Waals surface area (Å²) < 4.78 is 16.8. The van der Waals surface area contributed by atoms with Crippen molar-refractivity contribution in [1.29, 1.82) is 0 Å². The van der Waals surface area contributed by atoms with E-state index in [1.807, 2.05) is 38.2 Å². The maximum absolute atomic E-state index is 15.0. The highest BCUT2D eigenvalue weighted by atomic mass is 35.5. The van der Waals surface area contributed by atoms with Gasteiger partial charge in [0.15, 0.2) is 5.65 Å². The Balaban J connectivity index is 0.00000205. The molecule has 1 aliphatic rings. The van der Waals surface area contributed by atoms with Crippen molar-refractivity contribution in [3.05, 3.63) is 59.4 Å². The van der Waals surface area contributed by atoms with Gasteiger partial charge in [0.2, 0.25) is 0 Å². The van der Waals surface area contributed by atoms with E-state index in [0.717, 1.165) is 65.2 Å². The van der Waals surface area contributed by atoms with Crippen molar-refractivity contribution < 1.29 is 4.39 Å². The lowest BCUT2D eigenvalue weighted by molar-refractivity contribution is 0.453. The molecule has 0 atom stereocenters. The van der Waals surface area contributed by atoms with E-state index >= 15 is 4.39 Å². The van der Waals surface area contributed by atoms with Gasteiger partial charge in [0.05, 0.1) is 17.6 Å². The van der Waals surface area contributed by atoms with E-state index in [0.29, 0.717) is 11.3 Å². The molecular formula is C22H23ClFN5. The highest BCUT2D eigenvalue weighted by Crippen LogP contribution is 2.30. The zero-order chi connectivity index (χ0) is 19.3. The molecule has 1 fully saturated rings. The van der Waals surface area contributed by atoms with Crippen LogP contribution in [-0.2, 0) is 0 Å². The van der Waals surface area contributed by atoms with Gasteiger partial charge < -0.3 is 5.32 Å². The molecule has 1 N–H and O–H groups in total. The lowest BCUT2D eigenvalue weighted by Gasteiger charge is -2.22. The number of hydrogen-bond donors (Lipinski definition) is 1. The summed E-state index contributed by atoms with van der Waals surface area (Å²) in [5.41, 5.74) is 5.22.